The van der Waals surface area contributed by atoms with Gasteiger partial charge in [-0.25, -0.2) is 0 Å². The molecule has 1 aromatic rings. The average Bonchev–Trinajstić information content (AvgIpc) is 2.25. The third-order valence-electron chi connectivity index (χ3n) is 2.42. The van der Waals surface area contributed by atoms with Crippen LogP contribution in [0.3, 0.4) is 0 Å². The number of nitrogens with one attached hydrogen (secondary N) is 1. The van der Waals surface area contributed by atoms with E-state index in [1.54, 1.807) is 14.0 Å². The maximum atomic E-state index is 10.3. The predicted octanol–water partition coefficient (Wildman–Crippen LogP) is 1.89. The zero-order valence-electron chi connectivity index (χ0n) is 9.66. The molecule has 0 heterocycles. The first kappa shape index (κ1) is 13.6. The number of halogens is 1. The van der Waals surface area contributed by atoms with Crippen molar-refractivity contribution >= 4 is 15.9 Å². The Hall–Kier alpha value is -0.420. The third-order valence-corrected chi connectivity index (χ3v) is 2.95. The van der Waals surface area contributed by atoms with Gasteiger partial charge in [0.1, 0.15) is 0 Å². The third kappa shape index (κ3) is 4.22. The lowest BCUT2D eigenvalue weighted by Crippen LogP contribution is -2.36. The van der Waals surface area contributed by atoms with Gasteiger partial charge in [-0.3, -0.25) is 0 Å². The molecule has 0 amide bonds. The van der Waals surface area contributed by atoms with Crippen molar-refractivity contribution in [3.63, 3.8) is 0 Å². The molecule has 1 aromatic carbocycles. The summed E-state index contributed by atoms with van der Waals surface area (Å²) >= 11 is 3.37. The molecular weight excluding hydrogens is 270 g/mol. The van der Waals surface area contributed by atoms with Crippen molar-refractivity contribution in [1.29, 1.82) is 0 Å². The SMILES string of the molecule is COCCNCC(C)(O)c1ccc(Br)cc1. The van der Waals surface area contributed by atoms with Crippen molar-refractivity contribution in [1.82, 2.24) is 5.32 Å². The molecule has 0 spiro atoms. The minimum Gasteiger partial charge on any atom is -0.384 e. The quantitative estimate of drug-likeness (QED) is 0.786. The Morgan fingerprint density at radius 2 is 2.00 bits per heavy atom. The van der Waals surface area contributed by atoms with E-state index in [2.05, 4.69) is 21.2 Å². The molecule has 0 aromatic heterocycles. The monoisotopic (exact) mass is 287 g/mol. The molecule has 0 saturated carbocycles. The molecule has 2 N–H and O–H groups in total. The van der Waals surface area contributed by atoms with Crippen molar-refractivity contribution in [3.8, 4) is 0 Å². The molecule has 1 unspecified atom stereocenters. The van der Waals surface area contributed by atoms with Crippen molar-refractivity contribution in [3.05, 3.63) is 34.3 Å². The summed E-state index contributed by atoms with van der Waals surface area (Å²) in [6.07, 6.45) is 0. The van der Waals surface area contributed by atoms with Crippen molar-refractivity contribution < 1.29 is 9.84 Å². The highest BCUT2D eigenvalue weighted by molar-refractivity contribution is 9.10. The molecule has 0 aliphatic rings. The summed E-state index contributed by atoms with van der Waals surface area (Å²) in [5, 5.41) is 13.4. The van der Waals surface area contributed by atoms with Crippen LogP contribution in [0, 0.1) is 0 Å². The second kappa shape index (κ2) is 6.35. The first-order chi connectivity index (χ1) is 7.56. The van der Waals surface area contributed by atoms with E-state index in [0.717, 1.165) is 16.6 Å². The van der Waals surface area contributed by atoms with Gasteiger partial charge in [0.05, 0.1) is 12.2 Å². The number of rotatable bonds is 6. The zero-order valence-corrected chi connectivity index (χ0v) is 11.3. The molecule has 0 fully saturated rings. The van der Waals surface area contributed by atoms with Gasteiger partial charge in [0.25, 0.3) is 0 Å². The Balaban J connectivity index is 2.52. The van der Waals surface area contributed by atoms with Crippen molar-refractivity contribution in [2.24, 2.45) is 0 Å². The number of ether oxygens (including phenoxy) is 1. The predicted molar refractivity (Wildman–Crippen MR) is 68.5 cm³/mol. The number of hydrogen-bond acceptors (Lipinski definition) is 3. The highest BCUT2D eigenvalue weighted by atomic mass is 79.9. The number of benzene rings is 1. The fourth-order valence-electron chi connectivity index (χ4n) is 1.42. The fourth-order valence-corrected chi connectivity index (χ4v) is 1.68. The van der Waals surface area contributed by atoms with Crippen LogP contribution < -0.4 is 5.32 Å². The van der Waals surface area contributed by atoms with Crippen molar-refractivity contribution in [2.45, 2.75) is 12.5 Å². The molecule has 0 bridgehead atoms. The van der Waals surface area contributed by atoms with E-state index in [-0.39, 0.29) is 0 Å². The van der Waals surface area contributed by atoms with E-state index in [1.165, 1.54) is 0 Å². The van der Waals surface area contributed by atoms with Crippen LogP contribution in [-0.2, 0) is 10.3 Å². The van der Waals surface area contributed by atoms with E-state index >= 15 is 0 Å². The summed E-state index contributed by atoms with van der Waals surface area (Å²) < 4.78 is 5.94. The summed E-state index contributed by atoms with van der Waals surface area (Å²) in [6.45, 7) is 3.70. The van der Waals surface area contributed by atoms with Gasteiger partial charge < -0.3 is 15.2 Å². The Morgan fingerprint density at radius 3 is 2.56 bits per heavy atom. The minimum atomic E-state index is -0.853. The lowest BCUT2D eigenvalue weighted by atomic mass is 9.96. The molecule has 90 valence electrons. The van der Waals surface area contributed by atoms with E-state index in [4.69, 9.17) is 4.74 Å². The van der Waals surface area contributed by atoms with Gasteiger partial charge in [-0.15, -0.1) is 0 Å². The van der Waals surface area contributed by atoms with E-state index in [1.807, 2.05) is 24.3 Å². The number of aliphatic hydroxyl groups is 1. The Morgan fingerprint density at radius 1 is 1.38 bits per heavy atom. The van der Waals surface area contributed by atoms with Crippen LogP contribution in [0.25, 0.3) is 0 Å². The molecule has 0 aliphatic heterocycles. The lowest BCUT2D eigenvalue weighted by Gasteiger charge is -2.24. The first-order valence-electron chi connectivity index (χ1n) is 5.24. The van der Waals surface area contributed by atoms with Crippen LogP contribution in [0.15, 0.2) is 28.7 Å². The summed E-state index contributed by atoms with van der Waals surface area (Å²) in [6, 6.07) is 7.70. The van der Waals surface area contributed by atoms with Gasteiger partial charge >= 0.3 is 0 Å². The second-order valence-corrected chi connectivity index (χ2v) is 4.87. The largest absolute Gasteiger partial charge is 0.384 e. The van der Waals surface area contributed by atoms with Crippen molar-refractivity contribution in [2.75, 3.05) is 26.8 Å². The van der Waals surface area contributed by atoms with E-state index < -0.39 is 5.60 Å². The number of hydrogen-bond donors (Lipinski definition) is 2. The molecule has 3 nitrogen and oxygen atoms in total. The highest BCUT2D eigenvalue weighted by Gasteiger charge is 2.21. The summed E-state index contributed by atoms with van der Waals surface area (Å²) in [4.78, 5) is 0. The van der Waals surface area contributed by atoms with E-state index in [0.29, 0.717) is 13.2 Å². The van der Waals surface area contributed by atoms with Crippen LogP contribution in [0.2, 0.25) is 0 Å². The zero-order chi connectivity index (χ0) is 12.0. The van der Waals surface area contributed by atoms with Crippen LogP contribution in [0.5, 0.6) is 0 Å². The molecular formula is C12H18BrNO2. The van der Waals surface area contributed by atoms with Crippen LogP contribution in [-0.4, -0.2) is 31.9 Å². The maximum absolute atomic E-state index is 10.3. The standard InChI is InChI=1S/C12H18BrNO2/c1-12(15,9-14-7-8-16-2)10-3-5-11(13)6-4-10/h3-6,14-15H,7-9H2,1-2H3. The maximum Gasteiger partial charge on any atom is 0.0992 e. The topological polar surface area (TPSA) is 41.5 Å². The van der Waals surface area contributed by atoms with Crippen LogP contribution >= 0.6 is 15.9 Å². The number of methoxy groups -OCH3 is 1. The lowest BCUT2D eigenvalue weighted by molar-refractivity contribution is 0.0550. The molecule has 1 rings (SSSR count). The average molecular weight is 288 g/mol. The molecule has 16 heavy (non-hydrogen) atoms. The summed E-state index contributed by atoms with van der Waals surface area (Å²) in [7, 11) is 1.66. The summed E-state index contributed by atoms with van der Waals surface area (Å²) in [5.74, 6) is 0. The molecule has 0 aliphatic carbocycles. The second-order valence-electron chi connectivity index (χ2n) is 3.95. The van der Waals surface area contributed by atoms with E-state index in [9.17, 15) is 5.11 Å². The van der Waals surface area contributed by atoms with Crippen LogP contribution in [0.1, 0.15) is 12.5 Å². The fraction of sp³-hybridized carbons (Fsp3) is 0.500. The van der Waals surface area contributed by atoms with Gasteiger partial charge in [0, 0.05) is 24.7 Å². The summed E-state index contributed by atoms with van der Waals surface area (Å²) in [5.41, 5.74) is 0.0506. The smallest absolute Gasteiger partial charge is 0.0992 e. The van der Waals surface area contributed by atoms with Crippen LogP contribution in [0.4, 0.5) is 0 Å². The van der Waals surface area contributed by atoms with Gasteiger partial charge in [-0.1, -0.05) is 28.1 Å². The van der Waals surface area contributed by atoms with Gasteiger partial charge in [0.15, 0.2) is 0 Å². The minimum absolute atomic E-state index is 0.512. The van der Waals surface area contributed by atoms with Gasteiger partial charge in [0.2, 0.25) is 0 Å². The van der Waals surface area contributed by atoms with Gasteiger partial charge in [-0.2, -0.15) is 0 Å². The molecule has 4 heteroatoms. The van der Waals surface area contributed by atoms with Gasteiger partial charge in [-0.05, 0) is 24.6 Å². The Bertz CT molecular complexity index is 311. The Labute approximate surface area is 105 Å². The molecule has 0 radical (unpaired) electrons. The molecule has 0 saturated heterocycles. The normalized spacial score (nSPS) is 14.8. The highest BCUT2D eigenvalue weighted by Crippen LogP contribution is 2.21. The first-order valence-corrected chi connectivity index (χ1v) is 6.03. The Kier molecular flexibility index (Phi) is 5.41. The molecule has 1 atom stereocenters.